The molecule has 2 aliphatic rings. The molecule has 1 aliphatic carbocycles. The molecule has 114 valence electrons. The van der Waals surface area contributed by atoms with Gasteiger partial charge in [0.05, 0.1) is 12.0 Å². The van der Waals surface area contributed by atoms with Gasteiger partial charge in [-0.1, -0.05) is 19.1 Å². The van der Waals surface area contributed by atoms with Gasteiger partial charge in [-0.05, 0) is 43.4 Å². The molecule has 1 saturated carbocycles. The van der Waals surface area contributed by atoms with E-state index in [9.17, 15) is 4.79 Å². The van der Waals surface area contributed by atoms with Gasteiger partial charge in [0.15, 0.2) is 0 Å². The van der Waals surface area contributed by atoms with Gasteiger partial charge < -0.3 is 15.4 Å². The van der Waals surface area contributed by atoms with Crippen LogP contribution in [0.4, 0.5) is 5.69 Å². The second-order valence-electron chi connectivity index (χ2n) is 6.16. The van der Waals surface area contributed by atoms with Crippen molar-refractivity contribution in [3.8, 4) is 0 Å². The molecule has 0 spiro atoms. The second kappa shape index (κ2) is 6.06. The first-order valence-corrected chi connectivity index (χ1v) is 7.95. The van der Waals surface area contributed by atoms with Gasteiger partial charge in [0.2, 0.25) is 5.91 Å². The summed E-state index contributed by atoms with van der Waals surface area (Å²) in [5, 5.41) is 0. The number of ether oxygens (including phenoxy) is 1. The van der Waals surface area contributed by atoms with Crippen molar-refractivity contribution >= 4 is 11.6 Å². The van der Waals surface area contributed by atoms with E-state index in [1.807, 2.05) is 24.3 Å². The highest BCUT2D eigenvalue weighted by molar-refractivity contribution is 5.80. The third-order valence-electron chi connectivity index (χ3n) is 4.50. The van der Waals surface area contributed by atoms with Crippen molar-refractivity contribution in [2.24, 2.45) is 5.92 Å². The molecule has 1 saturated heterocycles. The number of rotatable bonds is 5. The summed E-state index contributed by atoms with van der Waals surface area (Å²) in [6.07, 6.45) is 4.11. The Labute approximate surface area is 126 Å². The van der Waals surface area contributed by atoms with E-state index < -0.39 is 0 Å². The van der Waals surface area contributed by atoms with Crippen molar-refractivity contribution in [2.45, 2.75) is 51.3 Å². The van der Waals surface area contributed by atoms with Gasteiger partial charge in [0, 0.05) is 24.9 Å². The number of amides is 1. The van der Waals surface area contributed by atoms with Crippen molar-refractivity contribution in [1.29, 1.82) is 0 Å². The van der Waals surface area contributed by atoms with Crippen molar-refractivity contribution in [2.75, 3.05) is 12.3 Å². The summed E-state index contributed by atoms with van der Waals surface area (Å²) in [5.41, 5.74) is 7.71. The molecule has 4 nitrogen and oxygen atoms in total. The quantitative estimate of drug-likeness (QED) is 0.847. The van der Waals surface area contributed by atoms with E-state index in [1.54, 1.807) is 0 Å². The highest BCUT2D eigenvalue weighted by Crippen LogP contribution is 2.33. The molecule has 21 heavy (non-hydrogen) atoms. The molecule has 1 aromatic rings. The lowest BCUT2D eigenvalue weighted by atomic mass is 9.97. The molecule has 2 fully saturated rings. The van der Waals surface area contributed by atoms with Crippen molar-refractivity contribution in [3.05, 3.63) is 29.8 Å². The number of hydrogen-bond donors (Lipinski definition) is 1. The lowest BCUT2D eigenvalue weighted by molar-refractivity contribution is -0.138. The van der Waals surface area contributed by atoms with Crippen LogP contribution in [0.25, 0.3) is 0 Å². The molecule has 2 N–H and O–H groups in total. The van der Waals surface area contributed by atoms with Gasteiger partial charge in [-0.2, -0.15) is 0 Å². The maximum atomic E-state index is 12.9. The average Bonchev–Trinajstić information content (AvgIpc) is 3.20. The van der Waals surface area contributed by atoms with Gasteiger partial charge in [0.25, 0.3) is 0 Å². The van der Waals surface area contributed by atoms with Crippen LogP contribution < -0.4 is 5.73 Å². The fourth-order valence-corrected chi connectivity index (χ4v) is 3.21. The van der Waals surface area contributed by atoms with E-state index in [-0.39, 0.29) is 17.9 Å². The van der Waals surface area contributed by atoms with Crippen LogP contribution in [0.15, 0.2) is 24.3 Å². The van der Waals surface area contributed by atoms with Crippen LogP contribution in [0.1, 0.15) is 38.2 Å². The summed E-state index contributed by atoms with van der Waals surface area (Å²) in [6.45, 7) is 3.48. The monoisotopic (exact) mass is 288 g/mol. The summed E-state index contributed by atoms with van der Waals surface area (Å²) in [7, 11) is 0. The number of nitrogen functional groups attached to an aromatic ring is 1. The lowest BCUT2D eigenvalue weighted by Gasteiger charge is -2.27. The van der Waals surface area contributed by atoms with Crippen LogP contribution in [-0.4, -0.2) is 29.6 Å². The Kier molecular flexibility index (Phi) is 4.15. The van der Waals surface area contributed by atoms with Crippen LogP contribution >= 0.6 is 0 Å². The van der Waals surface area contributed by atoms with Gasteiger partial charge in [-0.3, -0.25) is 4.79 Å². The molecule has 2 unspecified atom stereocenters. The number of nitrogens with zero attached hydrogens (tertiary/aromatic N) is 1. The number of carbonyl (C=O) groups is 1. The third-order valence-corrected chi connectivity index (χ3v) is 4.50. The van der Waals surface area contributed by atoms with E-state index in [0.717, 1.165) is 36.9 Å². The zero-order valence-electron chi connectivity index (χ0n) is 12.6. The Hall–Kier alpha value is -1.55. The van der Waals surface area contributed by atoms with Crippen LogP contribution in [-0.2, 0) is 16.1 Å². The standard InChI is InChI=1S/C17H24N2O2/c1-2-16-15(8-9-21-16)17(20)19(14-6-7-14)11-12-4-3-5-13(18)10-12/h3-5,10,14-16H,2,6-9,11,18H2,1H3. The molecule has 0 aromatic heterocycles. The molecule has 4 heteroatoms. The fraction of sp³-hybridized carbons (Fsp3) is 0.588. The number of benzene rings is 1. The predicted molar refractivity (Wildman–Crippen MR) is 82.6 cm³/mol. The summed E-state index contributed by atoms with van der Waals surface area (Å²) in [4.78, 5) is 15.0. The number of anilines is 1. The van der Waals surface area contributed by atoms with Gasteiger partial charge >= 0.3 is 0 Å². The largest absolute Gasteiger partial charge is 0.399 e. The van der Waals surface area contributed by atoms with Crippen molar-refractivity contribution < 1.29 is 9.53 Å². The average molecular weight is 288 g/mol. The van der Waals surface area contributed by atoms with E-state index in [2.05, 4.69) is 11.8 Å². The number of hydrogen-bond acceptors (Lipinski definition) is 3. The Morgan fingerprint density at radius 3 is 2.86 bits per heavy atom. The maximum absolute atomic E-state index is 12.9. The first kappa shape index (κ1) is 14.4. The molecular formula is C17H24N2O2. The van der Waals surface area contributed by atoms with Gasteiger partial charge in [-0.25, -0.2) is 0 Å². The van der Waals surface area contributed by atoms with Crippen molar-refractivity contribution in [1.82, 2.24) is 4.90 Å². The second-order valence-corrected chi connectivity index (χ2v) is 6.16. The fourth-order valence-electron chi connectivity index (χ4n) is 3.21. The smallest absolute Gasteiger partial charge is 0.228 e. The van der Waals surface area contributed by atoms with Crippen LogP contribution in [0, 0.1) is 5.92 Å². The zero-order valence-corrected chi connectivity index (χ0v) is 12.6. The Bertz CT molecular complexity index is 513. The Morgan fingerprint density at radius 2 is 2.19 bits per heavy atom. The van der Waals surface area contributed by atoms with E-state index in [0.29, 0.717) is 19.2 Å². The maximum Gasteiger partial charge on any atom is 0.228 e. The SMILES string of the molecule is CCC1OCCC1C(=O)N(Cc1cccc(N)c1)C1CC1. The predicted octanol–water partition coefficient (Wildman–Crippen LogP) is 2.57. The first-order valence-electron chi connectivity index (χ1n) is 7.95. The van der Waals surface area contributed by atoms with E-state index >= 15 is 0 Å². The molecule has 1 aliphatic heterocycles. The highest BCUT2D eigenvalue weighted by Gasteiger charge is 2.40. The molecule has 3 rings (SSSR count). The molecule has 0 radical (unpaired) electrons. The van der Waals surface area contributed by atoms with E-state index in [1.165, 1.54) is 0 Å². The molecule has 1 heterocycles. The van der Waals surface area contributed by atoms with Crippen LogP contribution in [0.5, 0.6) is 0 Å². The summed E-state index contributed by atoms with van der Waals surface area (Å²) in [6, 6.07) is 8.25. The Morgan fingerprint density at radius 1 is 1.38 bits per heavy atom. The van der Waals surface area contributed by atoms with Crippen molar-refractivity contribution in [3.63, 3.8) is 0 Å². The highest BCUT2D eigenvalue weighted by atomic mass is 16.5. The Balaban J connectivity index is 1.74. The van der Waals surface area contributed by atoms with Gasteiger partial charge in [-0.15, -0.1) is 0 Å². The molecular weight excluding hydrogens is 264 g/mol. The zero-order chi connectivity index (χ0) is 14.8. The molecule has 2 atom stereocenters. The normalized spacial score (nSPS) is 25.0. The van der Waals surface area contributed by atoms with E-state index in [4.69, 9.17) is 10.5 Å². The topological polar surface area (TPSA) is 55.6 Å². The minimum absolute atomic E-state index is 0.0386. The van der Waals surface area contributed by atoms with Crippen LogP contribution in [0.3, 0.4) is 0 Å². The molecule has 1 aromatic carbocycles. The van der Waals surface area contributed by atoms with Gasteiger partial charge in [0.1, 0.15) is 0 Å². The summed E-state index contributed by atoms with van der Waals surface area (Å²) >= 11 is 0. The number of carbonyl (C=O) groups excluding carboxylic acids is 1. The first-order chi connectivity index (χ1) is 10.2. The minimum Gasteiger partial charge on any atom is -0.399 e. The summed E-state index contributed by atoms with van der Waals surface area (Å²) < 4.78 is 5.69. The minimum atomic E-state index is 0.0386. The third kappa shape index (κ3) is 3.21. The van der Waals surface area contributed by atoms with Crippen LogP contribution in [0.2, 0.25) is 0 Å². The summed E-state index contributed by atoms with van der Waals surface area (Å²) in [5.74, 6) is 0.306. The molecule has 1 amide bonds. The number of nitrogens with two attached hydrogens (primary N) is 1. The molecule has 0 bridgehead atoms. The lowest BCUT2D eigenvalue weighted by Crippen LogP contribution is -2.40.